The molecule has 7 nitrogen and oxygen atoms in total. The van der Waals surface area contributed by atoms with Crippen molar-refractivity contribution in [3.63, 3.8) is 0 Å². The third-order valence-corrected chi connectivity index (χ3v) is 4.94. The number of likely N-dealkylation sites (N-methyl/N-ethyl adjacent to an activating group) is 1. The maximum atomic E-state index is 12.1. The monoisotopic (exact) mass is 383 g/mol. The molecule has 0 radical (unpaired) electrons. The van der Waals surface area contributed by atoms with E-state index in [2.05, 4.69) is 10.6 Å². The van der Waals surface area contributed by atoms with Gasteiger partial charge in [0.15, 0.2) is 0 Å². The number of urea groups is 1. The number of aliphatic carboxylic acids is 1. The third kappa shape index (κ3) is 5.86. The van der Waals surface area contributed by atoms with E-state index >= 15 is 0 Å². The molecule has 2 rings (SSSR count). The predicted octanol–water partition coefficient (Wildman–Crippen LogP) is 2.26. The highest BCUT2D eigenvalue weighted by atomic mass is 35.5. The molecule has 1 aliphatic rings. The minimum atomic E-state index is -0.825. The third-order valence-electron chi connectivity index (χ3n) is 4.68. The number of amides is 2. The van der Waals surface area contributed by atoms with Gasteiger partial charge in [-0.2, -0.15) is 0 Å². The number of ether oxygens (including phenoxy) is 1. The average molecular weight is 384 g/mol. The molecule has 0 saturated heterocycles. The number of methoxy groups -OCH3 is 1. The first-order valence-corrected chi connectivity index (χ1v) is 9.09. The number of rotatable bonds is 9. The Kier molecular flexibility index (Phi) is 7.68. The zero-order chi connectivity index (χ0) is 19.1. The van der Waals surface area contributed by atoms with Gasteiger partial charge in [-0.05, 0) is 37.1 Å². The first-order valence-electron chi connectivity index (χ1n) is 8.71. The van der Waals surface area contributed by atoms with Crippen LogP contribution in [-0.2, 0) is 9.53 Å². The summed E-state index contributed by atoms with van der Waals surface area (Å²) in [6.07, 6.45) is 1.28. The fourth-order valence-corrected chi connectivity index (χ4v) is 3.24. The van der Waals surface area contributed by atoms with E-state index in [1.54, 1.807) is 19.2 Å². The van der Waals surface area contributed by atoms with E-state index in [1.807, 2.05) is 24.0 Å². The van der Waals surface area contributed by atoms with Gasteiger partial charge >= 0.3 is 12.0 Å². The van der Waals surface area contributed by atoms with Crippen LogP contribution in [0.1, 0.15) is 31.4 Å². The van der Waals surface area contributed by atoms with Gasteiger partial charge in [0, 0.05) is 30.8 Å². The summed E-state index contributed by atoms with van der Waals surface area (Å²) in [5.74, 6) is -0.825. The fraction of sp³-hybridized carbons (Fsp3) is 0.556. The molecule has 2 amide bonds. The molecule has 1 fully saturated rings. The zero-order valence-electron chi connectivity index (χ0n) is 15.1. The second kappa shape index (κ2) is 9.75. The maximum absolute atomic E-state index is 12.1. The van der Waals surface area contributed by atoms with Crippen LogP contribution in [0.5, 0.6) is 0 Å². The summed E-state index contributed by atoms with van der Waals surface area (Å²) in [5.41, 5.74) is 0.938. The molecule has 1 unspecified atom stereocenters. The van der Waals surface area contributed by atoms with E-state index in [4.69, 9.17) is 21.4 Å². The Balaban J connectivity index is 1.72. The molecule has 26 heavy (non-hydrogen) atoms. The molecule has 0 aromatic heterocycles. The lowest BCUT2D eigenvalue weighted by molar-refractivity contribution is -0.139. The molecule has 3 N–H and O–H groups in total. The number of carboxylic acid groups (broad SMARTS) is 1. The van der Waals surface area contributed by atoms with Gasteiger partial charge < -0.3 is 20.5 Å². The lowest BCUT2D eigenvalue weighted by Gasteiger charge is -2.42. The molecule has 1 atom stereocenters. The predicted molar refractivity (Wildman–Crippen MR) is 99.4 cm³/mol. The minimum Gasteiger partial charge on any atom is -0.480 e. The number of nitrogens with one attached hydrogen (secondary N) is 2. The molecule has 1 aromatic carbocycles. The summed E-state index contributed by atoms with van der Waals surface area (Å²) < 4.78 is 5.42. The maximum Gasteiger partial charge on any atom is 0.317 e. The van der Waals surface area contributed by atoms with Crippen LogP contribution >= 0.6 is 11.6 Å². The van der Waals surface area contributed by atoms with Gasteiger partial charge in [-0.1, -0.05) is 30.7 Å². The number of nitrogens with zero attached hydrogens (tertiary/aromatic N) is 1. The van der Waals surface area contributed by atoms with Crippen LogP contribution in [0.25, 0.3) is 0 Å². The summed E-state index contributed by atoms with van der Waals surface area (Å²) in [6.45, 7) is 3.02. The van der Waals surface area contributed by atoms with Crippen molar-refractivity contribution in [2.45, 2.75) is 38.0 Å². The summed E-state index contributed by atoms with van der Waals surface area (Å²) in [6, 6.07) is 7.35. The molecule has 144 valence electrons. The van der Waals surface area contributed by atoms with E-state index in [1.165, 1.54) is 0 Å². The molecule has 1 saturated carbocycles. The summed E-state index contributed by atoms with van der Waals surface area (Å²) >= 11 is 5.88. The largest absolute Gasteiger partial charge is 0.480 e. The lowest BCUT2D eigenvalue weighted by Crippen LogP contribution is -2.56. The molecular weight excluding hydrogens is 358 g/mol. The molecule has 0 spiro atoms. The quantitative estimate of drug-likeness (QED) is 0.608. The number of carboxylic acids is 1. The van der Waals surface area contributed by atoms with E-state index in [9.17, 15) is 9.59 Å². The number of hydrogen-bond donors (Lipinski definition) is 3. The van der Waals surface area contributed by atoms with Gasteiger partial charge in [-0.3, -0.25) is 9.69 Å². The average Bonchev–Trinajstić information content (AvgIpc) is 2.57. The Morgan fingerprint density at radius 3 is 2.54 bits per heavy atom. The van der Waals surface area contributed by atoms with Gasteiger partial charge in [0.2, 0.25) is 0 Å². The smallest absolute Gasteiger partial charge is 0.317 e. The first-order chi connectivity index (χ1) is 12.4. The van der Waals surface area contributed by atoms with Crippen molar-refractivity contribution in [1.29, 1.82) is 0 Å². The van der Waals surface area contributed by atoms with Crippen LogP contribution in [0, 0.1) is 0 Å². The molecule has 0 bridgehead atoms. The Morgan fingerprint density at radius 2 is 2.00 bits per heavy atom. The molecule has 0 aliphatic heterocycles. The zero-order valence-corrected chi connectivity index (χ0v) is 15.8. The summed E-state index contributed by atoms with van der Waals surface area (Å²) in [4.78, 5) is 24.8. The minimum absolute atomic E-state index is 0.0384. The fourth-order valence-electron chi connectivity index (χ4n) is 3.11. The Bertz CT molecular complexity index is 605. The molecule has 0 heterocycles. The van der Waals surface area contributed by atoms with Crippen molar-refractivity contribution in [2.24, 2.45) is 0 Å². The van der Waals surface area contributed by atoms with Crippen LogP contribution < -0.4 is 10.6 Å². The topological polar surface area (TPSA) is 90.9 Å². The highest BCUT2D eigenvalue weighted by Gasteiger charge is 2.34. The van der Waals surface area contributed by atoms with Gasteiger partial charge in [-0.25, -0.2) is 4.79 Å². The van der Waals surface area contributed by atoms with E-state index in [0.29, 0.717) is 18.1 Å². The Labute approximate surface area is 158 Å². The number of carbonyl (C=O) groups excluding carboxylic acids is 1. The van der Waals surface area contributed by atoms with Crippen molar-refractivity contribution < 1.29 is 19.4 Å². The number of benzene rings is 1. The SMILES string of the molecule is CCN(CC(=O)O)C1CC(NC(=O)NCC(OC)c2ccc(Cl)cc2)C1. The first kappa shape index (κ1) is 20.5. The van der Waals surface area contributed by atoms with Gasteiger partial charge in [-0.15, -0.1) is 0 Å². The van der Waals surface area contributed by atoms with Crippen LogP contribution in [-0.4, -0.2) is 60.8 Å². The van der Waals surface area contributed by atoms with E-state index in [-0.39, 0.29) is 30.8 Å². The van der Waals surface area contributed by atoms with Crippen LogP contribution in [0.2, 0.25) is 5.02 Å². The number of carbonyl (C=O) groups is 2. The van der Waals surface area contributed by atoms with Gasteiger partial charge in [0.25, 0.3) is 0 Å². The van der Waals surface area contributed by atoms with Crippen molar-refractivity contribution >= 4 is 23.6 Å². The highest BCUT2D eigenvalue weighted by Crippen LogP contribution is 2.25. The second-order valence-corrected chi connectivity index (χ2v) is 6.85. The standard InChI is InChI=1S/C18H26ClN3O4/c1-3-22(11-17(23)24)15-8-14(9-15)21-18(25)20-10-16(26-2)12-4-6-13(19)7-5-12/h4-7,14-16H,3,8-11H2,1-2H3,(H,23,24)(H2,20,21,25). The van der Waals surface area contributed by atoms with Crippen LogP contribution in [0.4, 0.5) is 4.79 Å². The highest BCUT2D eigenvalue weighted by molar-refractivity contribution is 6.30. The van der Waals surface area contributed by atoms with E-state index in [0.717, 1.165) is 18.4 Å². The van der Waals surface area contributed by atoms with E-state index < -0.39 is 5.97 Å². The van der Waals surface area contributed by atoms with Gasteiger partial charge in [0.05, 0.1) is 12.6 Å². The van der Waals surface area contributed by atoms with Crippen molar-refractivity contribution in [2.75, 3.05) is 26.7 Å². The molecule has 1 aromatic rings. The molecule has 1 aliphatic carbocycles. The van der Waals surface area contributed by atoms with Gasteiger partial charge in [0.1, 0.15) is 0 Å². The summed E-state index contributed by atoms with van der Waals surface area (Å²) in [7, 11) is 1.59. The number of hydrogen-bond acceptors (Lipinski definition) is 4. The summed E-state index contributed by atoms with van der Waals surface area (Å²) in [5, 5.41) is 15.3. The Hall–Kier alpha value is -1.83. The van der Waals surface area contributed by atoms with Crippen molar-refractivity contribution in [1.82, 2.24) is 15.5 Å². The normalized spacial score (nSPS) is 20.3. The van der Waals surface area contributed by atoms with Crippen LogP contribution in [0.3, 0.4) is 0 Å². The Morgan fingerprint density at radius 1 is 1.35 bits per heavy atom. The second-order valence-electron chi connectivity index (χ2n) is 6.41. The van der Waals surface area contributed by atoms with Crippen molar-refractivity contribution in [3.8, 4) is 0 Å². The lowest BCUT2D eigenvalue weighted by atomic mass is 9.85. The van der Waals surface area contributed by atoms with Crippen LogP contribution in [0.15, 0.2) is 24.3 Å². The molecular formula is C18H26ClN3O4. The number of halogens is 1. The molecule has 8 heteroatoms. The van der Waals surface area contributed by atoms with Crippen molar-refractivity contribution in [3.05, 3.63) is 34.9 Å².